The second kappa shape index (κ2) is 13.9. The van der Waals surface area contributed by atoms with Gasteiger partial charge in [0.05, 0.1) is 22.4 Å². The van der Waals surface area contributed by atoms with Crippen molar-refractivity contribution in [2.45, 2.75) is 13.5 Å². The van der Waals surface area contributed by atoms with E-state index in [1.54, 1.807) is 6.08 Å². The number of anilines is 3. The van der Waals surface area contributed by atoms with E-state index in [2.05, 4.69) is 148 Å². The van der Waals surface area contributed by atoms with Gasteiger partial charge in [-0.05, 0) is 78.2 Å². The first kappa shape index (κ1) is 32.5. The highest BCUT2D eigenvalue weighted by atomic mass is 15.5. The summed E-state index contributed by atoms with van der Waals surface area (Å²) < 4.78 is 2.37. The molecule has 252 valence electrons. The van der Waals surface area contributed by atoms with Crippen molar-refractivity contribution < 1.29 is 0 Å². The summed E-state index contributed by atoms with van der Waals surface area (Å²) in [7, 11) is 0. The van der Waals surface area contributed by atoms with Gasteiger partial charge in [0.2, 0.25) is 0 Å². The quantitative estimate of drug-likeness (QED) is 0.163. The molecule has 6 aromatic carbocycles. The lowest BCUT2D eigenvalue weighted by Crippen LogP contribution is -2.30. The molecule has 2 heterocycles. The van der Waals surface area contributed by atoms with Gasteiger partial charge in [0.25, 0.3) is 0 Å². The van der Waals surface area contributed by atoms with Gasteiger partial charge >= 0.3 is 0 Å². The third-order valence-electron chi connectivity index (χ3n) is 9.55. The van der Waals surface area contributed by atoms with Gasteiger partial charge in [0.1, 0.15) is 0 Å². The highest BCUT2D eigenvalue weighted by molar-refractivity contribution is 6.23. The Morgan fingerprint density at radius 3 is 2.13 bits per heavy atom. The molecule has 0 atom stereocenters. The molecule has 52 heavy (non-hydrogen) atoms. The second-order valence-corrected chi connectivity index (χ2v) is 12.7. The summed E-state index contributed by atoms with van der Waals surface area (Å²) in [5.41, 5.74) is 18.1. The van der Waals surface area contributed by atoms with Crippen molar-refractivity contribution in [2.24, 2.45) is 10.8 Å². The molecule has 1 aromatic heterocycles. The molecule has 0 amide bonds. The minimum atomic E-state index is 0.507. The Kier molecular flexibility index (Phi) is 8.69. The Balaban J connectivity index is 1.46. The molecule has 0 saturated heterocycles. The molecule has 0 bridgehead atoms. The van der Waals surface area contributed by atoms with E-state index in [4.69, 9.17) is 17.4 Å². The highest BCUT2D eigenvalue weighted by Crippen LogP contribution is 2.47. The van der Waals surface area contributed by atoms with Gasteiger partial charge in [0, 0.05) is 45.5 Å². The van der Waals surface area contributed by atoms with Crippen molar-refractivity contribution in [1.82, 2.24) is 4.57 Å². The number of amidine groups is 1. The SMILES string of the molecule is C=C/C=C(\C=C/C)C1=NN(c2ccccc2)c2c(ccc3c4ccccc4n(-c4ccc(-c5cccc(CN)c5)cc4)c23)C(=C)N1c1ccccc1. The van der Waals surface area contributed by atoms with Crippen molar-refractivity contribution in [3.05, 3.63) is 200 Å². The van der Waals surface area contributed by atoms with Crippen LogP contribution in [0.5, 0.6) is 0 Å². The van der Waals surface area contributed by atoms with E-state index in [0.717, 1.165) is 83.9 Å². The smallest absolute Gasteiger partial charge is 0.165 e. The highest BCUT2D eigenvalue weighted by Gasteiger charge is 2.32. The Morgan fingerprint density at radius 1 is 0.712 bits per heavy atom. The topological polar surface area (TPSA) is 49.8 Å². The molecular formula is C47H39N5. The predicted octanol–water partition coefficient (Wildman–Crippen LogP) is 11.5. The summed E-state index contributed by atoms with van der Waals surface area (Å²) in [5.74, 6) is 0.731. The number of hydrazone groups is 1. The number of nitrogens with two attached hydrogens (primary N) is 1. The Hall–Kier alpha value is -6.69. The van der Waals surface area contributed by atoms with Crippen molar-refractivity contribution >= 4 is 50.4 Å². The molecule has 0 spiro atoms. The van der Waals surface area contributed by atoms with E-state index in [9.17, 15) is 0 Å². The molecule has 0 aliphatic carbocycles. The maximum absolute atomic E-state index is 5.98. The van der Waals surface area contributed by atoms with Crippen LogP contribution in [0.25, 0.3) is 44.3 Å². The maximum atomic E-state index is 5.98. The zero-order chi connectivity index (χ0) is 35.6. The Bertz CT molecular complexity index is 2540. The zero-order valence-electron chi connectivity index (χ0n) is 29.2. The van der Waals surface area contributed by atoms with Crippen LogP contribution in [0.1, 0.15) is 18.1 Å². The average Bonchev–Trinajstić information content (AvgIpc) is 3.47. The van der Waals surface area contributed by atoms with E-state index >= 15 is 0 Å². The first-order chi connectivity index (χ1) is 25.6. The monoisotopic (exact) mass is 673 g/mol. The van der Waals surface area contributed by atoms with E-state index in [0.29, 0.717) is 6.54 Å². The summed E-state index contributed by atoms with van der Waals surface area (Å²) in [5, 5.41) is 9.96. The summed E-state index contributed by atoms with van der Waals surface area (Å²) in [4.78, 5) is 2.15. The largest absolute Gasteiger partial charge is 0.326 e. The zero-order valence-corrected chi connectivity index (χ0v) is 29.2. The lowest BCUT2D eigenvalue weighted by atomic mass is 10.0. The van der Waals surface area contributed by atoms with Crippen LogP contribution >= 0.6 is 0 Å². The van der Waals surface area contributed by atoms with Gasteiger partial charge < -0.3 is 10.3 Å². The van der Waals surface area contributed by atoms with Gasteiger partial charge in [-0.2, -0.15) is 0 Å². The molecule has 0 saturated carbocycles. The molecule has 1 aliphatic heterocycles. The Morgan fingerprint density at radius 2 is 1.42 bits per heavy atom. The normalized spacial score (nSPS) is 13.5. The molecular weight excluding hydrogens is 635 g/mol. The molecule has 0 fully saturated rings. The van der Waals surface area contributed by atoms with Crippen LogP contribution < -0.4 is 15.6 Å². The van der Waals surface area contributed by atoms with Gasteiger partial charge in [-0.3, -0.25) is 4.90 Å². The van der Waals surface area contributed by atoms with E-state index in [1.165, 1.54) is 0 Å². The van der Waals surface area contributed by atoms with Crippen molar-refractivity contribution in [3.63, 3.8) is 0 Å². The predicted molar refractivity (Wildman–Crippen MR) is 221 cm³/mol. The molecule has 2 N–H and O–H groups in total. The van der Waals surface area contributed by atoms with Crippen LogP contribution in [0, 0.1) is 0 Å². The number of fused-ring (bicyclic) bond motifs is 5. The fourth-order valence-electron chi connectivity index (χ4n) is 7.18. The van der Waals surface area contributed by atoms with Gasteiger partial charge in [-0.15, -0.1) is 5.10 Å². The van der Waals surface area contributed by atoms with Crippen LogP contribution in [0.3, 0.4) is 0 Å². The number of benzene rings is 6. The van der Waals surface area contributed by atoms with Crippen LogP contribution in [0.2, 0.25) is 0 Å². The molecule has 0 unspecified atom stereocenters. The third kappa shape index (κ3) is 5.63. The molecule has 0 radical (unpaired) electrons. The summed E-state index contributed by atoms with van der Waals surface area (Å²) in [6.07, 6.45) is 7.90. The van der Waals surface area contributed by atoms with Crippen molar-refractivity contribution in [1.29, 1.82) is 0 Å². The number of nitrogens with zero attached hydrogens (tertiary/aromatic N) is 4. The average molecular weight is 674 g/mol. The van der Waals surface area contributed by atoms with Crippen LogP contribution in [-0.4, -0.2) is 10.4 Å². The fourth-order valence-corrected chi connectivity index (χ4v) is 7.18. The van der Waals surface area contributed by atoms with E-state index < -0.39 is 0 Å². The van der Waals surface area contributed by atoms with Crippen LogP contribution in [-0.2, 0) is 6.54 Å². The number of hydrogen-bond acceptors (Lipinski definition) is 4. The molecule has 8 rings (SSSR count). The second-order valence-electron chi connectivity index (χ2n) is 12.7. The van der Waals surface area contributed by atoms with Gasteiger partial charge in [0.15, 0.2) is 5.84 Å². The van der Waals surface area contributed by atoms with Crippen molar-refractivity contribution in [3.8, 4) is 16.8 Å². The van der Waals surface area contributed by atoms with E-state index in [-0.39, 0.29) is 0 Å². The number of hydrogen-bond donors (Lipinski definition) is 1. The summed E-state index contributed by atoms with van der Waals surface area (Å²) in [6, 6.07) is 50.9. The fraction of sp³-hybridized carbons (Fsp3) is 0.0426. The van der Waals surface area contributed by atoms with Crippen LogP contribution in [0.15, 0.2) is 194 Å². The maximum Gasteiger partial charge on any atom is 0.165 e. The Labute approximate surface area is 304 Å². The van der Waals surface area contributed by atoms with Gasteiger partial charge in [-0.25, -0.2) is 5.01 Å². The van der Waals surface area contributed by atoms with Crippen LogP contribution in [0.4, 0.5) is 17.1 Å². The summed E-state index contributed by atoms with van der Waals surface area (Å²) in [6.45, 7) is 11.4. The number of para-hydroxylation sites is 3. The number of allylic oxidation sites excluding steroid dienone is 3. The summed E-state index contributed by atoms with van der Waals surface area (Å²) >= 11 is 0. The number of aromatic nitrogens is 1. The molecule has 5 heteroatoms. The first-order valence-corrected chi connectivity index (χ1v) is 17.5. The number of rotatable bonds is 8. The standard InChI is InChI=1S/C47H39N5/c1-4-15-36(16-5-2)47-49-52(40-21-10-7-11-22-40)46-41(33(3)50(47)38-19-8-6-9-20-38)29-30-43-42-23-12-13-24-44(42)51(45(43)46)39-27-25-35(26-28-39)37-18-14-17-34(31-37)32-48/h4-31H,1,3,32,48H2,2H3/b16-5-,36-15+. The minimum Gasteiger partial charge on any atom is -0.326 e. The lowest BCUT2D eigenvalue weighted by Gasteiger charge is -2.27. The third-order valence-corrected chi connectivity index (χ3v) is 9.55. The van der Waals surface area contributed by atoms with Gasteiger partial charge in [-0.1, -0.05) is 128 Å². The molecule has 1 aliphatic rings. The lowest BCUT2D eigenvalue weighted by molar-refractivity contribution is 1.07. The molecule has 7 aromatic rings. The molecule has 5 nitrogen and oxygen atoms in total. The van der Waals surface area contributed by atoms with E-state index in [1.807, 2.05) is 43.3 Å². The minimum absolute atomic E-state index is 0.507. The first-order valence-electron chi connectivity index (χ1n) is 17.5. The van der Waals surface area contributed by atoms with Crippen molar-refractivity contribution in [2.75, 3.05) is 9.91 Å².